The largest absolute Gasteiger partial charge is 0.494 e. The molecule has 9 heteroatoms. The van der Waals surface area contributed by atoms with Crippen LogP contribution in [0.25, 0.3) is 6.08 Å². The zero-order valence-electron chi connectivity index (χ0n) is 23.4. The Morgan fingerprint density at radius 1 is 0.881 bits per heavy atom. The molecule has 0 aliphatic rings. The van der Waals surface area contributed by atoms with E-state index >= 15 is 0 Å². The fraction of sp³-hybridized carbons (Fsp3) is 0.152. The zero-order valence-corrected chi connectivity index (χ0v) is 24.2. The number of benzene rings is 3. The summed E-state index contributed by atoms with van der Waals surface area (Å²) >= 11 is 1.41. The van der Waals surface area contributed by atoms with E-state index in [4.69, 9.17) is 4.74 Å². The van der Waals surface area contributed by atoms with Gasteiger partial charge in [0, 0.05) is 34.2 Å². The standard InChI is InChI=1S/C33H32N4O4S/c1-3-30(33(40)35-25-15-17-27(18-16-25)41-4-2)42-28-14-8-13-26(21-28)36-32(39)29(20-23-10-9-19-34-22-23)37-31(38)24-11-6-5-7-12-24/h5-22,30H,3-4H2,1-2H3,(H,35,40)(H,36,39)(H,37,38)/b29-20-. The van der Waals surface area contributed by atoms with Crippen molar-refractivity contribution >= 4 is 46.9 Å². The number of pyridine rings is 1. The van der Waals surface area contributed by atoms with Crippen LogP contribution in [0.5, 0.6) is 5.75 Å². The molecule has 0 saturated carbocycles. The number of nitrogens with zero attached hydrogens (tertiary/aromatic N) is 1. The van der Waals surface area contributed by atoms with Crippen LogP contribution >= 0.6 is 11.8 Å². The van der Waals surface area contributed by atoms with Crippen LogP contribution in [0.1, 0.15) is 36.2 Å². The summed E-state index contributed by atoms with van der Waals surface area (Å²) < 4.78 is 5.46. The Labute approximate surface area is 249 Å². The van der Waals surface area contributed by atoms with Gasteiger partial charge in [-0.15, -0.1) is 11.8 Å². The minimum absolute atomic E-state index is 0.0658. The Bertz CT molecular complexity index is 1530. The van der Waals surface area contributed by atoms with E-state index in [0.29, 0.717) is 35.5 Å². The molecule has 0 saturated heterocycles. The highest BCUT2D eigenvalue weighted by atomic mass is 32.2. The van der Waals surface area contributed by atoms with Crippen LogP contribution in [-0.2, 0) is 9.59 Å². The number of anilines is 2. The van der Waals surface area contributed by atoms with Gasteiger partial charge in [-0.05, 0) is 85.6 Å². The van der Waals surface area contributed by atoms with Crippen LogP contribution in [0.3, 0.4) is 0 Å². The molecular formula is C33H32N4O4S. The van der Waals surface area contributed by atoms with Gasteiger partial charge in [0.2, 0.25) is 5.91 Å². The number of carbonyl (C=O) groups excluding carboxylic acids is 3. The van der Waals surface area contributed by atoms with Gasteiger partial charge in [0.15, 0.2) is 0 Å². The number of hydrogen-bond donors (Lipinski definition) is 3. The van der Waals surface area contributed by atoms with Crippen LogP contribution in [0.2, 0.25) is 0 Å². The van der Waals surface area contributed by atoms with Crippen molar-refractivity contribution in [1.29, 1.82) is 0 Å². The van der Waals surface area contributed by atoms with Crippen LogP contribution in [0, 0.1) is 0 Å². The first kappa shape index (κ1) is 30.1. The highest BCUT2D eigenvalue weighted by molar-refractivity contribution is 8.00. The maximum atomic E-state index is 13.4. The number of aromatic nitrogens is 1. The molecule has 1 atom stereocenters. The first-order valence-corrected chi connectivity index (χ1v) is 14.4. The molecule has 4 aromatic rings. The summed E-state index contributed by atoms with van der Waals surface area (Å²) in [5.74, 6) is -0.277. The average Bonchev–Trinajstić information content (AvgIpc) is 3.01. The normalized spacial score (nSPS) is 11.7. The topological polar surface area (TPSA) is 109 Å². The Morgan fingerprint density at radius 3 is 2.36 bits per heavy atom. The summed E-state index contributed by atoms with van der Waals surface area (Å²) in [7, 11) is 0. The predicted molar refractivity (Wildman–Crippen MR) is 167 cm³/mol. The molecule has 1 unspecified atom stereocenters. The molecule has 8 nitrogen and oxygen atoms in total. The van der Waals surface area contributed by atoms with Gasteiger partial charge >= 0.3 is 0 Å². The number of ether oxygens (including phenoxy) is 1. The van der Waals surface area contributed by atoms with Gasteiger partial charge in [-0.25, -0.2) is 0 Å². The van der Waals surface area contributed by atoms with E-state index in [0.717, 1.165) is 10.6 Å². The number of hydrogen-bond acceptors (Lipinski definition) is 6. The third-order valence-electron chi connectivity index (χ3n) is 5.99. The van der Waals surface area contributed by atoms with Crippen LogP contribution in [0.4, 0.5) is 11.4 Å². The van der Waals surface area contributed by atoms with Gasteiger partial charge < -0.3 is 20.7 Å². The summed E-state index contributed by atoms with van der Waals surface area (Å²) in [6.07, 6.45) is 5.40. The van der Waals surface area contributed by atoms with E-state index in [1.807, 2.05) is 56.3 Å². The van der Waals surface area contributed by atoms with Crippen molar-refractivity contribution in [3.8, 4) is 5.75 Å². The van der Waals surface area contributed by atoms with Gasteiger partial charge in [0.1, 0.15) is 11.4 Å². The van der Waals surface area contributed by atoms with Gasteiger partial charge in [0.25, 0.3) is 11.8 Å². The van der Waals surface area contributed by atoms with Crippen LogP contribution in [0.15, 0.2) is 114 Å². The minimum atomic E-state index is -0.495. The van der Waals surface area contributed by atoms with Crippen molar-refractivity contribution in [3.05, 3.63) is 120 Å². The van der Waals surface area contributed by atoms with E-state index in [2.05, 4.69) is 20.9 Å². The van der Waals surface area contributed by atoms with Crippen LogP contribution in [-0.4, -0.2) is 34.6 Å². The van der Waals surface area contributed by atoms with Crippen molar-refractivity contribution in [2.24, 2.45) is 0 Å². The molecule has 0 aliphatic carbocycles. The van der Waals surface area contributed by atoms with E-state index in [9.17, 15) is 14.4 Å². The second-order valence-corrected chi connectivity index (χ2v) is 10.4. The van der Waals surface area contributed by atoms with Crippen molar-refractivity contribution in [2.45, 2.75) is 30.4 Å². The Kier molecular flexibility index (Phi) is 10.9. The number of carbonyl (C=O) groups is 3. The molecule has 42 heavy (non-hydrogen) atoms. The molecule has 3 amide bonds. The number of thioether (sulfide) groups is 1. The van der Waals surface area contributed by atoms with Gasteiger partial charge in [-0.1, -0.05) is 37.3 Å². The average molecular weight is 581 g/mol. The first-order valence-electron chi connectivity index (χ1n) is 13.5. The molecule has 4 rings (SSSR count). The lowest BCUT2D eigenvalue weighted by Gasteiger charge is -2.16. The van der Waals surface area contributed by atoms with Crippen molar-refractivity contribution in [3.63, 3.8) is 0 Å². The number of rotatable bonds is 12. The molecular weight excluding hydrogens is 548 g/mol. The van der Waals surface area contributed by atoms with Crippen molar-refractivity contribution in [1.82, 2.24) is 10.3 Å². The fourth-order valence-corrected chi connectivity index (χ4v) is 4.94. The smallest absolute Gasteiger partial charge is 0.272 e. The summed E-state index contributed by atoms with van der Waals surface area (Å²) in [5, 5.41) is 8.20. The Morgan fingerprint density at radius 2 is 1.67 bits per heavy atom. The summed E-state index contributed by atoms with van der Waals surface area (Å²) in [6.45, 7) is 4.44. The maximum absolute atomic E-state index is 13.4. The lowest BCUT2D eigenvalue weighted by molar-refractivity contribution is -0.116. The lowest BCUT2D eigenvalue weighted by atomic mass is 10.2. The van der Waals surface area contributed by atoms with E-state index in [-0.39, 0.29) is 16.9 Å². The monoisotopic (exact) mass is 580 g/mol. The predicted octanol–water partition coefficient (Wildman–Crippen LogP) is 6.40. The highest BCUT2D eigenvalue weighted by Crippen LogP contribution is 2.29. The third-order valence-corrected chi connectivity index (χ3v) is 7.35. The fourth-order valence-electron chi connectivity index (χ4n) is 3.93. The molecule has 3 aromatic carbocycles. The van der Waals surface area contributed by atoms with Gasteiger partial charge in [0.05, 0.1) is 11.9 Å². The summed E-state index contributed by atoms with van der Waals surface area (Å²) in [4.78, 5) is 44.1. The first-order chi connectivity index (χ1) is 20.4. The minimum Gasteiger partial charge on any atom is -0.494 e. The van der Waals surface area contributed by atoms with Crippen molar-refractivity contribution in [2.75, 3.05) is 17.2 Å². The van der Waals surface area contributed by atoms with Gasteiger partial charge in [-0.3, -0.25) is 19.4 Å². The number of nitrogens with one attached hydrogen (secondary N) is 3. The Balaban J connectivity index is 1.45. The quantitative estimate of drug-likeness (QED) is 0.132. The number of amides is 3. The molecule has 0 fully saturated rings. The van der Waals surface area contributed by atoms with Crippen LogP contribution < -0.4 is 20.7 Å². The Hall–Kier alpha value is -4.89. The second kappa shape index (κ2) is 15.2. The SMILES string of the molecule is CCOc1ccc(NC(=O)C(CC)Sc2cccc(NC(=O)/C(=C/c3cccnc3)NC(=O)c3ccccc3)c2)cc1. The zero-order chi connectivity index (χ0) is 29.7. The third kappa shape index (κ3) is 8.81. The van der Waals surface area contributed by atoms with E-state index < -0.39 is 11.8 Å². The molecule has 0 spiro atoms. The second-order valence-electron chi connectivity index (χ2n) is 9.11. The summed E-state index contributed by atoms with van der Waals surface area (Å²) in [5.41, 5.74) is 2.36. The molecule has 1 heterocycles. The molecule has 0 radical (unpaired) electrons. The highest BCUT2D eigenvalue weighted by Gasteiger charge is 2.19. The lowest BCUT2D eigenvalue weighted by Crippen LogP contribution is -2.30. The van der Waals surface area contributed by atoms with E-state index in [1.165, 1.54) is 11.8 Å². The maximum Gasteiger partial charge on any atom is 0.272 e. The molecule has 3 N–H and O–H groups in total. The van der Waals surface area contributed by atoms with Crippen molar-refractivity contribution < 1.29 is 19.1 Å². The van der Waals surface area contributed by atoms with Gasteiger partial charge in [-0.2, -0.15) is 0 Å². The molecule has 0 aliphatic heterocycles. The van der Waals surface area contributed by atoms with E-state index in [1.54, 1.807) is 67.0 Å². The molecule has 1 aromatic heterocycles. The molecule has 214 valence electrons. The molecule has 0 bridgehead atoms. The summed E-state index contributed by atoms with van der Waals surface area (Å²) in [6, 6.07) is 26.7.